The molecule has 1 saturated heterocycles. The molecule has 0 atom stereocenters. The Hall–Kier alpha value is -4.78. The smallest absolute Gasteiger partial charge is 0.323 e. The second kappa shape index (κ2) is 11.1. The van der Waals surface area contributed by atoms with Crippen LogP contribution in [-0.4, -0.2) is 43.0 Å². The average molecular weight is 533 g/mol. The highest BCUT2D eigenvalue weighted by Gasteiger charge is 2.36. The van der Waals surface area contributed by atoms with Gasteiger partial charge in [0.2, 0.25) is 5.91 Å². The summed E-state index contributed by atoms with van der Waals surface area (Å²) in [4.78, 5) is 30.5. The number of ether oxygens (including phenoxy) is 1. The first kappa shape index (κ1) is 25.5. The van der Waals surface area contributed by atoms with Crippen LogP contribution < -0.4 is 20.3 Å². The Labute approximate surface area is 234 Å². The van der Waals surface area contributed by atoms with Crippen molar-refractivity contribution in [2.24, 2.45) is 0 Å². The van der Waals surface area contributed by atoms with Crippen LogP contribution in [0.1, 0.15) is 29.5 Å². The molecule has 4 aromatic carbocycles. The van der Waals surface area contributed by atoms with Crippen molar-refractivity contribution >= 4 is 29.0 Å². The molecule has 2 heterocycles. The molecule has 0 bridgehead atoms. The van der Waals surface area contributed by atoms with Crippen molar-refractivity contribution in [1.29, 1.82) is 0 Å². The SMILES string of the molecule is CCc1ccc(NC(=O)Nc2ccc(N3CCN(C(=O)C4c5ccccc5Oc5ccccc54)CC3)cc2)cc1. The van der Waals surface area contributed by atoms with Gasteiger partial charge in [-0.05, 0) is 60.5 Å². The zero-order valence-corrected chi connectivity index (χ0v) is 22.5. The molecule has 2 aliphatic heterocycles. The van der Waals surface area contributed by atoms with Gasteiger partial charge in [-0.1, -0.05) is 55.5 Å². The molecular formula is C33H32N4O3. The summed E-state index contributed by atoms with van der Waals surface area (Å²) in [6.45, 7) is 4.85. The predicted octanol–water partition coefficient (Wildman–Crippen LogP) is 6.48. The van der Waals surface area contributed by atoms with Crippen molar-refractivity contribution in [2.75, 3.05) is 41.7 Å². The number of para-hydroxylation sites is 2. The van der Waals surface area contributed by atoms with E-state index in [4.69, 9.17) is 4.74 Å². The maximum absolute atomic E-state index is 13.8. The number of fused-ring (bicyclic) bond motifs is 2. The first-order valence-corrected chi connectivity index (χ1v) is 13.8. The Morgan fingerprint density at radius 1 is 0.725 bits per heavy atom. The zero-order chi connectivity index (χ0) is 27.5. The molecule has 2 N–H and O–H groups in total. The van der Waals surface area contributed by atoms with Crippen LogP contribution in [0.15, 0.2) is 97.1 Å². The molecule has 2 aliphatic rings. The van der Waals surface area contributed by atoms with E-state index in [2.05, 4.69) is 22.5 Å². The van der Waals surface area contributed by atoms with Crippen LogP contribution >= 0.6 is 0 Å². The van der Waals surface area contributed by atoms with Crippen molar-refractivity contribution in [3.8, 4) is 11.5 Å². The number of urea groups is 1. The fourth-order valence-electron chi connectivity index (χ4n) is 5.42. The third-order valence-electron chi connectivity index (χ3n) is 7.63. The summed E-state index contributed by atoms with van der Waals surface area (Å²) < 4.78 is 6.08. The fourth-order valence-corrected chi connectivity index (χ4v) is 5.42. The lowest BCUT2D eigenvalue weighted by atomic mass is 9.86. The summed E-state index contributed by atoms with van der Waals surface area (Å²) in [5, 5.41) is 5.76. The summed E-state index contributed by atoms with van der Waals surface area (Å²) in [7, 11) is 0. The van der Waals surface area contributed by atoms with Crippen molar-refractivity contribution in [3.63, 3.8) is 0 Å². The van der Waals surface area contributed by atoms with Crippen LogP contribution in [0.4, 0.5) is 21.9 Å². The molecule has 7 heteroatoms. The molecule has 0 radical (unpaired) electrons. The standard InChI is InChI=1S/C33H32N4O3/c1-2-23-11-13-24(14-12-23)34-33(39)35-25-15-17-26(18-16-25)36-19-21-37(22-20-36)32(38)31-27-7-3-5-9-29(27)40-30-10-6-4-8-28(30)31/h3-18,31H,2,19-22H2,1H3,(H2,34,35,39). The number of rotatable bonds is 5. The fraction of sp³-hybridized carbons (Fsp3) is 0.212. The topological polar surface area (TPSA) is 73.9 Å². The summed E-state index contributed by atoms with van der Waals surface area (Å²) >= 11 is 0. The molecule has 40 heavy (non-hydrogen) atoms. The van der Waals surface area contributed by atoms with Gasteiger partial charge in [-0.2, -0.15) is 0 Å². The van der Waals surface area contributed by atoms with Gasteiger partial charge in [-0.15, -0.1) is 0 Å². The number of anilines is 3. The quantitative estimate of drug-likeness (QED) is 0.309. The van der Waals surface area contributed by atoms with Crippen LogP contribution in [0, 0.1) is 0 Å². The number of carbonyl (C=O) groups is 2. The van der Waals surface area contributed by atoms with E-state index < -0.39 is 0 Å². The summed E-state index contributed by atoms with van der Waals surface area (Å²) in [5.41, 5.74) is 5.60. The zero-order valence-electron chi connectivity index (χ0n) is 22.5. The molecule has 6 rings (SSSR count). The number of benzene rings is 4. The second-order valence-electron chi connectivity index (χ2n) is 10.1. The van der Waals surface area contributed by atoms with Gasteiger partial charge < -0.3 is 25.2 Å². The van der Waals surface area contributed by atoms with E-state index in [1.165, 1.54) is 5.56 Å². The number of nitrogens with one attached hydrogen (secondary N) is 2. The Morgan fingerprint density at radius 3 is 1.80 bits per heavy atom. The van der Waals surface area contributed by atoms with Crippen LogP contribution in [0.25, 0.3) is 0 Å². The largest absolute Gasteiger partial charge is 0.457 e. The van der Waals surface area contributed by atoms with Gasteiger partial charge >= 0.3 is 6.03 Å². The molecule has 3 amide bonds. The maximum Gasteiger partial charge on any atom is 0.323 e. The van der Waals surface area contributed by atoms with Gasteiger partial charge in [-0.25, -0.2) is 4.79 Å². The highest BCUT2D eigenvalue weighted by Crippen LogP contribution is 2.44. The van der Waals surface area contributed by atoms with Crippen LogP contribution in [0.5, 0.6) is 11.5 Å². The minimum Gasteiger partial charge on any atom is -0.457 e. The molecular weight excluding hydrogens is 500 g/mol. The molecule has 202 valence electrons. The molecule has 4 aromatic rings. The van der Waals surface area contributed by atoms with Crippen molar-refractivity contribution < 1.29 is 14.3 Å². The highest BCUT2D eigenvalue weighted by atomic mass is 16.5. The van der Waals surface area contributed by atoms with Crippen LogP contribution in [0.2, 0.25) is 0 Å². The highest BCUT2D eigenvalue weighted by molar-refractivity contribution is 5.99. The normalized spacial score (nSPS) is 14.5. The van der Waals surface area contributed by atoms with E-state index >= 15 is 0 Å². The minimum absolute atomic E-state index is 0.109. The van der Waals surface area contributed by atoms with E-state index in [-0.39, 0.29) is 17.9 Å². The van der Waals surface area contributed by atoms with Gasteiger partial charge in [0.05, 0.1) is 5.92 Å². The number of aryl methyl sites for hydroxylation is 1. The number of nitrogens with zero attached hydrogens (tertiary/aromatic N) is 2. The van der Waals surface area contributed by atoms with Crippen LogP contribution in [-0.2, 0) is 11.2 Å². The lowest BCUT2D eigenvalue weighted by Crippen LogP contribution is -2.50. The molecule has 0 aromatic heterocycles. The maximum atomic E-state index is 13.8. The van der Waals surface area contributed by atoms with Gasteiger partial charge in [0, 0.05) is 54.4 Å². The molecule has 0 aliphatic carbocycles. The average Bonchev–Trinajstić information content (AvgIpc) is 3.00. The Kier molecular flexibility index (Phi) is 7.10. The van der Waals surface area contributed by atoms with Crippen molar-refractivity contribution in [2.45, 2.75) is 19.3 Å². The number of amides is 3. The van der Waals surface area contributed by atoms with Crippen LogP contribution in [0.3, 0.4) is 0 Å². The first-order chi connectivity index (χ1) is 19.6. The van der Waals surface area contributed by atoms with Gasteiger partial charge in [0.1, 0.15) is 11.5 Å². The lowest BCUT2D eigenvalue weighted by molar-refractivity contribution is -0.132. The van der Waals surface area contributed by atoms with Gasteiger partial charge in [-0.3, -0.25) is 4.79 Å². The molecule has 0 spiro atoms. The Balaban J connectivity index is 1.07. The predicted molar refractivity (Wildman–Crippen MR) is 158 cm³/mol. The molecule has 7 nitrogen and oxygen atoms in total. The number of hydrogen-bond acceptors (Lipinski definition) is 4. The van der Waals surface area contributed by atoms with E-state index in [9.17, 15) is 9.59 Å². The number of piperazine rings is 1. The molecule has 0 unspecified atom stereocenters. The molecule has 1 fully saturated rings. The first-order valence-electron chi connectivity index (χ1n) is 13.8. The van der Waals surface area contributed by atoms with Gasteiger partial charge in [0.25, 0.3) is 0 Å². The van der Waals surface area contributed by atoms with Gasteiger partial charge in [0.15, 0.2) is 0 Å². The van der Waals surface area contributed by atoms with E-state index in [0.29, 0.717) is 13.1 Å². The lowest BCUT2D eigenvalue weighted by Gasteiger charge is -2.38. The van der Waals surface area contributed by atoms with Crippen molar-refractivity contribution in [3.05, 3.63) is 114 Å². The molecule has 0 saturated carbocycles. The second-order valence-corrected chi connectivity index (χ2v) is 10.1. The van der Waals surface area contributed by atoms with E-state index in [1.807, 2.05) is 102 Å². The number of carbonyl (C=O) groups excluding carboxylic acids is 2. The Bertz CT molecular complexity index is 1460. The third kappa shape index (κ3) is 5.23. The van der Waals surface area contributed by atoms with Crippen molar-refractivity contribution in [1.82, 2.24) is 4.90 Å². The Morgan fingerprint density at radius 2 is 1.25 bits per heavy atom. The van der Waals surface area contributed by atoms with E-state index in [1.54, 1.807) is 0 Å². The summed E-state index contributed by atoms with van der Waals surface area (Å²) in [6.07, 6.45) is 0.961. The summed E-state index contributed by atoms with van der Waals surface area (Å²) in [5.74, 6) is 1.23. The minimum atomic E-state index is -0.367. The number of hydrogen-bond donors (Lipinski definition) is 2. The third-order valence-corrected chi connectivity index (χ3v) is 7.63. The van der Waals surface area contributed by atoms with E-state index in [0.717, 1.165) is 59.2 Å². The monoisotopic (exact) mass is 532 g/mol. The summed E-state index contributed by atoms with van der Waals surface area (Å²) in [6, 6.07) is 31.0.